The van der Waals surface area contributed by atoms with E-state index in [4.69, 9.17) is 0 Å². The van der Waals surface area contributed by atoms with Gasteiger partial charge in [-0.15, -0.1) is 0 Å². The van der Waals surface area contributed by atoms with Crippen molar-refractivity contribution in [1.29, 1.82) is 0 Å². The number of halogens is 5. The van der Waals surface area contributed by atoms with Gasteiger partial charge in [0, 0.05) is 19.6 Å². The Morgan fingerprint density at radius 1 is 0.862 bits per heavy atom. The van der Waals surface area contributed by atoms with Gasteiger partial charge in [0.15, 0.2) is 28.2 Å². The second kappa shape index (κ2) is 8.76. The van der Waals surface area contributed by atoms with Gasteiger partial charge in [-0.1, -0.05) is 24.3 Å². The van der Waals surface area contributed by atoms with Gasteiger partial charge in [-0.2, -0.15) is 0 Å². The average Bonchev–Trinajstić information content (AvgIpc) is 2.70. The third-order valence-corrected chi connectivity index (χ3v) is 6.32. The fourth-order valence-corrected chi connectivity index (χ4v) is 4.51. The molecule has 1 heterocycles. The molecule has 0 amide bonds. The Balaban J connectivity index is 1.54. The van der Waals surface area contributed by atoms with Gasteiger partial charge >= 0.3 is 0 Å². The van der Waals surface area contributed by atoms with Gasteiger partial charge in [0.1, 0.15) is 0 Å². The van der Waals surface area contributed by atoms with Crippen molar-refractivity contribution >= 4 is 10.0 Å². The first kappa shape index (κ1) is 21.7. The third-order valence-electron chi connectivity index (χ3n) is 4.84. The van der Waals surface area contributed by atoms with Crippen molar-refractivity contribution in [2.75, 3.05) is 19.6 Å². The Hall–Kier alpha value is -2.04. The van der Waals surface area contributed by atoms with Crippen molar-refractivity contribution in [3.8, 4) is 0 Å². The molecule has 1 aliphatic rings. The molecule has 1 N–H and O–H groups in total. The van der Waals surface area contributed by atoms with Crippen LogP contribution in [0.2, 0.25) is 0 Å². The van der Waals surface area contributed by atoms with Crippen molar-refractivity contribution < 1.29 is 30.4 Å². The van der Waals surface area contributed by atoms with Crippen LogP contribution in [0.15, 0.2) is 29.2 Å². The van der Waals surface area contributed by atoms with Crippen LogP contribution < -0.4 is 4.72 Å². The minimum atomic E-state index is -4.89. The summed E-state index contributed by atoms with van der Waals surface area (Å²) in [6.07, 6.45) is 1.86. The highest BCUT2D eigenvalue weighted by atomic mass is 32.2. The van der Waals surface area contributed by atoms with E-state index in [-0.39, 0.29) is 6.54 Å². The van der Waals surface area contributed by atoms with E-state index in [9.17, 15) is 30.4 Å². The molecule has 29 heavy (non-hydrogen) atoms. The number of nitrogens with zero attached hydrogens (tertiary/aromatic N) is 1. The first-order valence-electron chi connectivity index (χ1n) is 9.02. The maximum absolute atomic E-state index is 13.7. The quantitative estimate of drug-likeness (QED) is 0.314. The van der Waals surface area contributed by atoms with Gasteiger partial charge in [-0.25, -0.2) is 35.1 Å². The van der Waals surface area contributed by atoms with E-state index in [2.05, 4.69) is 17.0 Å². The maximum atomic E-state index is 13.7. The minimum Gasteiger partial charge on any atom is -0.299 e. The van der Waals surface area contributed by atoms with Crippen molar-refractivity contribution in [2.45, 2.75) is 30.7 Å². The summed E-state index contributed by atoms with van der Waals surface area (Å²) >= 11 is 0. The molecule has 10 heteroatoms. The van der Waals surface area contributed by atoms with Gasteiger partial charge in [0.2, 0.25) is 15.8 Å². The molecule has 158 valence electrons. The molecule has 0 saturated carbocycles. The summed E-state index contributed by atoms with van der Waals surface area (Å²) < 4.78 is 92.9. The van der Waals surface area contributed by atoms with Crippen molar-refractivity contribution in [3.05, 3.63) is 64.5 Å². The monoisotopic (exact) mass is 434 g/mol. The van der Waals surface area contributed by atoms with Gasteiger partial charge in [-0.05, 0) is 36.9 Å². The van der Waals surface area contributed by atoms with E-state index in [0.29, 0.717) is 19.4 Å². The van der Waals surface area contributed by atoms with E-state index in [1.54, 1.807) is 0 Å². The van der Waals surface area contributed by atoms with Crippen LogP contribution in [-0.2, 0) is 23.0 Å². The minimum absolute atomic E-state index is 0.188. The Morgan fingerprint density at radius 3 is 2.10 bits per heavy atom. The van der Waals surface area contributed by atoms with E-state index in [1.165, 1.54) is 11.1 Å². The van der Waals surface area contributed by atoms with Crippen LogP contribution in [0.4, 0.5) is 22.0 Å². The van der Waals surface area contributed by atoms with Crippen LogP contribution >= 0.6 is 0 Å². The first-order valence-corrected chi connectivity index (χ1v) is 10.5. The Kier molecular flexibility index (Phi) is 6.55. The van der Waals surface area contributed by atoms with E-state index in [0.717, 1.165) is 19.5 Å². The fourth-order valence-electron chi connectivity index (χ4n) is 3.30. The largest absolute Gasteiger partial charge is 0.299 e. The maximum Gasteiger partial charge on any atom is 0.246 e. The number of rotatable bonds is 7. The Bertz CT molecular complexity index is 985. The summed E-state index contributed by atoms with van der Waals surface area (Å²) in [6, 6.07) is 8.10. The highest BCUT2D eigenvalue weighted by Gasteiger charge is 2.33. The number of benzene rings is 2. The van der Waals surface area contributed by atoms with E-state index in [1.807, 2.05) is 16.9 Å². The molecule has 0 atom stereocenters. The van der Waals surface area contributed by atoms with Crippen LogP contribution in [0.5, 0.6) is 0 Å². The van der Waals surface area contributed by atoms with Crippen molar-refractivity contribution in [3.63, 3.8) is 0 Å². The lowest BCUT2D eigenvalue weighted by molar-refractivity contribution is 0.249. The summed E-state index contributed by atoms with van der Waals surface area (Å²) in [7, 11) is -4.89. The van der Waals surface area contributed by atoms with Crippen molar-refractivity contribution in [2.24, 2.45) is 0 Å². The number of nitrogens with one attached hydrogen (secondary N) is 1. The van der Waals surface area contributed by atoms with Crippen molar-refractivity contribution in [1.82, 2.24) is 9.62 Å². The lowest BCUT2D eigenvalue weighted by Gasteiger charge is -2.28. The molecule has 0 aliphatic carbocycles. The second-order valence-corrected chi connectivity index (χ2v) is 8.50. The molecule has 0 bridgehead atoms. The van der Waals surface area contributed by atoms with Gasteiger partial charge in [0.05, 0.1) is 0 Å². The molecule has 3 rings (SSSR count). The smallest absolute Gasteiger partial charge is 0.246 e. The molecule has 4 nitrogen and oxygen atoms in total. The molecule has 0 saturated heterocycles. The molecular weight excluding hydrogens is 415 g/mol. The molecule has 0 aromatic heterocycles. The molecule has 2 aromatic rings. The predicted octanol–water partition coefficient (Wildman–Crippen LogP) is 3.50. The number of hydrogen-bond acceptors (Lipinski definition) is 3. The summed E-state index contributed by atoms with van der Waals surface area (Å²) in [5, 5.41) is 0. The summed E-state index contributed by atoms with van der Waals surface area (Å²) in [5.74, 6) is -11.7. The molecule has 0 fully saturated rings. The summed E-state index contributed by atoms with van der Waals surface area (Å²) in [6.45, 7) is 2.16. The molecular formula is C19H19F5N2O2S. The van der Waals surface area contributed by atoms with E-state index < -0.39 is 44.0 Å². The molecule has 2 aromatic carbocycles. The second-order valence-electron chi connectivity index (χ2n) is 6.80. The zero-order chi connectivity index (χ0) is 21.2. The van der Waals surface area contributed by atoms with Crippen LogP contribution in [0, 0.1) is 29.1 Å². The Morgan fingerprint density at radius 2 is 1.45 bits per heavy atom. The van der Waals surface area contributed by atoms with Gasteiger partial charge < -0.3 is 0 Å². The normalized spacial score (nSPS) is 14.8. The van der Waals surface area contributed by atoms with Crippen LogP contribution in [0.3, 0.4) is 0 Å². The molecule has 0 radical (unpaired) electrons. The predicted molar refractivity (Wildman–Crippen MR) is 96.1 cm³/mol. The molecule has 0 spiro atoms. The van der Waals surface area contributed by atoms with Crippen LogP contribution in [0.25, 0.3) is 0 Å². The SMILES string of the molecule is O=S(=O)(NCCCCN1CCc2ccccc2C1)c1c(F)c(F)c(F)c(F)c1F. The van der Waals surface area contributed by atoms with Gasteiger partial charge in [-0.3, -0.25) is 4.90 Å². The van der Waals surface area contributed by atoms with E-state index >= 15 is 0 Å². The first-order chi connectivity index (χ1) is 13.7. The zero-order valence-electron chi connectivity index (χ0n) is 15.3. The number of unbranched alkanes of at least 4 members (excludes halogenated alkanes) is 1. The number of hydrogen-bond donors (Lipinski definition) is 1. The standard InChI is InChI=1S/C19H19F5N2O2S/c20-14-15(21)17(23)19(18(24)16(14)22)29(27,28)25-8-3-4-9-26-10-7-12-5-1-2-6-13(12)11-26/h1-2,5-6,25H,3-4,7-11H2. The molecule has 0 unspecified atom stereocenters. The summed E-state index contributed by atoms with van der Waals surface area (Å²) in [5.41, 5.74) is 2.55. The Labute approximate surface area is 165 Å². The number of sulfonamides is 1. The topological polar surface area (TPSA) is 49.4 Å². The highest BCUT2D eigenvalue weighted by Crippen LogP contribution is 2.26. The van der Waals surface area contributed by atoms with Gasteiger partial charge in [0.25, 0.3) is 0 Å². The zero-order valence-corrected chi connectivity index (χ0v) is 16.1. The number of fused-ring (bicyclic) bond motifs is 1. The van der Waals surface area contributed by atoms with Crippen LogP contribution in [0.1, 0.15) is 24.0 Å². The third kappa shape index (κ3) is 4.59. The average molecular weight is 434 g/mol. The summed E-state index contributed by atoms with van der Waals surface area (Å²) in [4.78, 5) is 0.350. The fraction of sp³-hybridized carbons (Fsp3) is 0.368. The highest BCUT2D eigenvalue weighted by molar-refractivity contribution is 7.89. The lowest BCUT2D eigenvalue weighted by Crippen LogP contribution is -2.32. The molecule has 1 aliphatic heterocycles. The van der Waals surface area contributed by atoms with Crippen LogP contribution in [-0.4, -0.2) is 33.0 Å². The lowest BCUT2D eigenvalue weighted by atomic mass is 10.00.